The average molecular weight is 323 g/mol. The van der Waals surface area contributed by atoms with Crippen LogP contribution in [-0.2, 0) is 20.7 Å². The number of aliphatic hydroxyl groups excluding tert-OH is 1. The quantitative estimate of drug-likeness (QED) is 0.705. The van der Waals surface area contributed by atoms with Gasteiger partial charge in [0.15, 0.2) is 0 Å². The number of hydrogen-bond donors (Lipinski definition) is 2. The standard InChI is InChI=1S/C17H25NO5/c1-11(2)9-14(19)16(20)18-13(17(21)23-4)10-12-7-5-6-8-15(12)22-3/h5-8,11,13-14,19H,9-10H2,1-4H3,(H,18,20)/t13-,14-/m0/s1. The number of hydrogen-bond acceptors (Lipinski definition) is 5. The highest BCUT2D eigenvalue weighted by molar-refractivity contribution is 5.87. The molecule has 0 saturated heterocycles. The summed E-state index contributed by atoms with van der Waals surface area (Å²) in [6.45, 7) is 3.81. The van der Waals surface area contributed by atoms with Gasteiger partial charge >= 0.3 is 5.97 Å². The lowest BCUT2D eigenvalue weighted by atomic mass is 10.0. The Balaban J connectivity index is 2.85. The molecule has 128 valence electrons. The summed E-state index contributed by atoms with van der Waals surface area (Å²) in [6, 6.07) is 6.35. The van der Waals surface area contributed by atoms with Crippen molar-refractivity contribution in [2.45, 2.75) is 38.8 Å². The smallest absolute Gasteiger partial charge is 0.328 e. The third-order valence-corrected chi connectivity index (χ3v) is 3.42. The van der Waals surface area contributed by atoms with Crippen LogP contribution in [0.25, 0.3) is 0 Å². The first-order valence-electron chi connectivity index (χ1n) is 7.57. The van der Waals surface area contributed by atoms with Crippen molar-refractivity contribution in [1.82, 2.24) is 5.32 Å². The van der Waals surface area contributed by atoms with Crippen LogP contribution in [0.15, 0.2) is 24.3 Å². The maximum atomic E-state index is 12.1. The van der Waals surface area contributed by atoms with Crippen LogP contribution >= 0.6 is 0 Å². The van der Waals surface area contributed by atoms with Gasteiger partial charge in [0.25, 0.3) is 0 Å². The highest BCUT2D eigenvalue weighted by Gasteiger charge is 2.26. The Morgan fingerprint density at radius 3 is 2.43 bits per heavy atom. The van der Waals surface area contributed by atoms with Gasteiger partial charge in [0, 0.05) is 6.42 Å². The molecule has 0 unspecified atom stereocenters. The number of esters is 1. The molecule has 0 aliphatic rings. The number of methoxy groups -OCH3 is 2. The zero-order valence-corrected chi connectivity index (χ0v) is 14.0. The number of benzene rings is 1. The molecular formula is C17H25NO5. The van der Waals surface area contributed by atoms with Crippen LogP contribution in [0.1, 0.15) is 25.8 Å². The van der Waals surface area contributed by atoms with Crippen molar-refractivity contribution in [3.05, 3.63) is 29.8 Å². The number of para-hydroxylation sites is 1. The summed E-state index contributed by atoms with van der Waals surface area (Å²) in [5.74, 6) is -0.357. The molecule has 0 spiro atoms. The number of nitrogens with one attached hydrogen (secondary N) is 1. The Morgan fingerprint density at radius 1 is 1.22 bits per heavy atom. The molecule has 23 heavy (non-hydrogen) atoms. The van der Waals surface area contributed by atoms with Crippen molar-refractivity contribution < 1.29 is 24.2 Å². The van der Waals surface area contributed by atoms with Crippen molar-refractivity contribution in [1.29, 1.82) is 0 Å². The Hall–Kier alpha value is -2.08. The normalized spacial score (nSPS) is 13.3. The van der Waals surface area contributed by atoms with E-state index in [-0.39, 0.29) is 12.3 Å². The minimum atomic E-state index is -1.15. The van der Waals surface area contributed by atoms with Gasteiger partial charge in [-0.2, -0.15) is 0 Å². The molecular weight excluding hydrogens is 298 g/mol. The fourth-order valence-corrected chi connectivity index (χ4v) is 2.25. The third-order valence-electron chi connectivity index (χ3n) is 3.42. The Kier molecular flexibility index (Phi) is 7.54. The molecule has 1 rings (SSSR count). The minimum absolute atomic E-state index is 0.168. The van der Waals surface area contributed by atoms with E-state index in [2.05, 4.69) is 5.32 Å². The van der Waals surface area contributed by atoms with Gasteiger partial charge in [-0.15, -0.1) is 0 Å². The Labute approximate surface area is 136 Å². The molecule has 2 atom stereocenters. The second-order valence-electron chi connectivity index (χ2n) is 5.75. The van der Waals surface area contributed by atoms with Gasteiger partial charge < -0.3 is 19.9 Å². The second kappa shape index (κ2) is 9.15. The molecule has 0 heterocycles. The van der Waals surface area contributed by atoms with Crippen molar-refractivity contribution >= 4 is 11.9 Å². The van der Waals surface area contributed by atoms with Gasteiger partial charge in [0.2, 0.25) is 5.91 Å². The topological polar surface area (TPSA) is 84.9 Å². The van der Waals surface area contributed by atoms with Gasteiger partial charge in [-0.05, 0) is 24.0 Å². The molecule has 0 saturated carbocycles. The van der Waals surface area contributed by atoms with Gasteiger partial charge in [0.1, 0.15) is 17.9 Å². The van der Waals surface area contributed by atoms with E-state index in [1.165, 1.54) is 14.2 Å². The first-order valence-corrected chi connectivity index (χ1v) is 7.57. The number of rotatable bonds is 8. The molecule has 1 aromatic rings. The van der Waals surface area contributed by atoms with Crippen LogP contribution < -0.4 is 10.1 Å². The molecule has 0 radical (unpaired) electrons. The molecule has 0 bridgehead atoms. The molecule has 6 heteroatoms. The summed E-state index contributed by atoms with van der Waals surface area (Å²) in [4.78, 5) is 24.0. The van der Waals surface area contributed by atoms with E-state index in [0.29, 0.717) is 12.2 Å². The zero-order valence-electron chi connectivity index (χ0n) is 14.0. The van der Waals surface area contributed by atoms with Gasteiger partial charge in [-0.1, -0.05) is 32.0 Å². The molecule has 2 N–H and O–H groups in total. The average Bonchev–Trinajstić information content (AvgIpc) is 2.53. The Morgan fingerprint density at radius 2 is 1.87 bits per heavy atom. The van der Waals surface area contributed by atoms with Crippen LogP contribution in [0.5, 0.6) is 5.75 Å². The molecule has 0 fully saturated rings. The van der Waals surface area contributed by atoms with Gasteiger partial charge in [-0.3, -0.25) is 4.79 Å². The lowest BCUT2D eigenvalue weighted by molar-refractivity contribution is -0.146. The monoisotopic (exact) mass is 323 g/mol. The van der Waals surface area contributed by atoms with Crippen molar-refractivity contribution in [2.24, 2.45) is 5.92 Å². The second-order valence-corrected chi connectivity index (χ2v) is 5.75. The van der Waals surface area contributed by atoms with Crippen molar-refractivity contribution in [3.8, 4) is 5.75 Å². The predicted molar refractivity (Wildman–Crippen MR) is 86.1 cm³/mol. The van der Waals surface area contributed by atoms with Crippen molar-refractivity contribution in [2.75, 3.05) is 14.2 Å². The summed E-state index contributed by atoms with van der Waals surface area (Å²) in [7, 11) is 2.80. The maximum absolute atomic E-state index is 12.1. The number of aliphatic hydroxyl groups is 1. The van der Waals surface area contributed by atoms with Crippen molar-refractivity contribution in [3.63, 3.8) is 0 Å². The summed E-state index contributed by atoms with van der Waals surface area (Å²) in [6.07, 6.45) is -0.606. The highest BCUT2D eigenvalue weighted by Crippen LogP contribution is 2.19. The highest BCUT2D eigenvalue weighted by atomic mass is 16.5. The lowest BCUT2D eigenvalue weighted by Crippen LogP contribution is -2.47. The predicted octanol–water partition coefficient (Wildman–Crippen LogP) is 1.30. The zero-order chi connectivity index (χ0) is 17.4. The number of amides is 1. The number of ether oxygens (including phenoxy) is 2. The fraction of sp³-hybridized carbons (Fsp3) is 0.529. The molecule has 0 aliphatic carbocycles. The molecule has 1 amide bonds. The van der Waals surface area contributed by atoms with E-state index in [1.54, 1.807) is 6.07 Å². The Bertz CT molecular complexity index is 529. The molecule has 0 aliphatic heterocycles. The first-order chi connectivity index (χ1) is 10.9. The summed E-state index contributed by atoms with van der Waals surface area (Å²) in [5.41, 5.74) is 0.768. The van der Waals surface area contributed by atoms with E-state index in [4.69, 9.17) is 9.47 Å². The number of carbonyl (C=O) groups is 2. The lowest BCUT2D eigenvalue weighted by Gasteiger charge is -2.20. The molecule has 0 aromatic heterocycles. The van der Waals surface area contributed by atoms with Crippen LogP contribution in [0, 0.1) is 5.92 Å². The minimum Gasteiger partial charge on any atom is -0.496 e. The third kappa shape index (κ3) is 5.90. The van der Waals surface area contributed by atoms with Crippen LogP contribution in [0.4, 0.5) is 0 Å². The van der Waals surface area contributed by atoms with E-state index < -0.39 is 24.0 Å². The maximum Gasteiger partial charge on any atom is 0.328 e. The SMILES string of the molecule is COC(=O)[C@H](Cc1ccccc1OC)NC(=O)[C@@H](O)CC(C)C. The summed E-state index contributed by atoms with van der Waals surface area (Å²) in [5, 5.41) is 12.4. The van der Waals surface area contributed by atoms with E-state index >= 15 is 0 Å². The van der Waals surface area contributed by atoms with E-state index in [9.17, 15) is 14.7 Å². The van der Waals surface area contributed by atoms with Gasteiger partial charge in [0.05, 0.1) is 14.2 Å². The molecule has 6 nitrogen and oxygen atoms in total. The first kappa shape index (κ1) is 19.0. The molecule has 1 aromatic carbocycles. The summed E-state index contributed by atoms with van der Waals surface area (Å²) < 4.78 is 9.99. The van der Waals surface area contributed by atoms with Crippen LogP contribution in [0.3, 0.4) is 0 Å². The fourth-order valence-electron chi connectivity index (χ4n) is 2.25. The van der Waals surface area contributed by atoms with E-state index in [1.807, 2.05) is 32.0 Å². The van der Waals surface area contributed by atoms with Crippen LogP contribution in [-0.4, -0.2) is 43.3 Å². The van der Waals surface area contributed by atoms with Crippen LogP contribution in [0.2, 0.25) is 0 Å². The van der Waals surface area contributed by atoms with E-state index in [0.717, 1.165) is 5.56 Å². The largest absolute Gasteiger partial charge is 0.496 e. The number of carbonyl (C=O) groups excluding carboxylic acids is 2. The summed E-state index contributed by atoms with van der Waals surface area (Å²) >= 11 is 0. The van der Waals surface area contributed by atoms with Gasteiger partial charge in [-0.25, -0.2) is 4.79 Å².